The second-order valence-corrected chi connectivity index (χ2v) is 4.77. The molecule has 0 saturated heterocycles. The zero-order valence-electron chi connectivity index (χ0n) is 8.82. The molecule has 0 bridgehead atoms. The summed E-state index contributed by atoms with van der Waals surface area (Å²) in [5.41, 5.74) is -0.582. The van der Waals surface area contributed by atoms with Crippen LogP contribution in [0.1, 0.15) is 19.5 Å². The molecule has 5 nitrogen and oxygen atoms in total. The van der Waals surface area contributed by atoms with Gasteiger partial charge in [-0.15, -0.1) is 21.8 Å². The summed E-state index contributed by atoms with van der Waals surface area (Å²) in [6.45, 7) is 3.65. The van der Waals surface area contributed by atoms with Gasteiger partial charge in [-0.05, 0) is 6.26 Å². The molecule has 0 saturated carbocycles. The van der Waals surface area contributed by atoms with Crippen molar-refractivity contribution in [3.63, 3.8) is 0 Å². The molecule has 1 aromatic rings. The molecule has 1 heterocycles. The lowest BCUT2D eigenvalue weighted by Gasteiger charge is -2.19. The summed E-state index contributed by atoms with van der Waals surface area (Å²) in [6, 6.07) is 0. The molecule has 0 aliphatic rings. The average molecular weight is 249 g/mol. The Morgan fingerprint density at radius 2 is 2.13 bits per heavy atom. The van der Waals surface area contributed by atoms with Gasteiger partial charge in [0.05, 0.1) is 0 Å². The van der Waals surface area contributed by atoms with E-state index in [9.17, 15) is 4.79 Å². The summed E-state index contributed by atoms with van der Waals surface area (Å²) in [4.78, 5) is 11.8. The molecule has 0 amide bonds. The largest absolute Gasteiger partial charge is 0.334 e. The van der Waals surface area contributed by atoms with Gasteiger partial charge in [-0.3, -0.25) is 4.79 Å². The van der Waals surface area contributed by atoms with Crippen LogP contribution in [0.2, 0.25) is 0 Å². The Morgan fingerprint density at radius 1 is 1.53 bits per heavy atom. The highest BCUT2D eigenvalue weighted by Gasteiger charge is 2.26. The van der Waals surface area contributed by atoms with E-state index in [0.717, 1.165) is 4.68 Å². The van der Waals surface area contributed by atoms with Crippen molar-refractivity contribution < 1.29 is 0 Å². The second-order valence-electron chi connectivity index (χ2n) is 3.73. The van der Waals surface area contributed by atoms with Crippen molar-refractivity contribution in [1.29, 1.82) is 0 Å². The minimum absolute atomic E-state index is 0.287. The lowest BCUT2D eigenvalue weighted by atomic mass is 9.92. The number of nitrogen functional groups attached to an aromatic ring is 1. The van der Waals surface area contributed by atoms with E-state index < -0.39 is 5.41 Å². The quantitative estimate of drug-likeness (QED) is 0.482. The van der Waals surface area contributed by atoms with E-state index in [-0.39, 0.29) is 17.1 Å². The fourth-order valence-electron chi connectivity index (χ4n) is 1.01. The maximum atomic E-state index is 11.8. The molecule has 1 aromatic heterocycles. The van der Waals surface area contributed by atoms with E-state index in [1.54, 1.807) is 6.26 Å². The van der Waals surface area contributed by atoms with Gasteiger partial charge in [-0.1, -0.05) is 25.6 Å². The van der Waals surface area contributed by atoms with Crippen LogP contribution in [0.4, 0.5) is 0 Å². The molecule has 15 heavy (non-hydrogen) atoms. The first kappa shape index (κ1) is 12.3. The zero-order valence-corrected chi connectivity index (χ0v) is 10.4. The first-order valence-corrected chi connectivity index (χ1v) is 6.05. The molecule has 0 unspecified atom stereocenters. The number of thioether (sulfide) groups is 1. The fourth-order valence-corrected chi connectivity index (χ4v) is 1.54. The molecule has 0 fully saturated rings. The Labute approximate surface area is 97.0 Å². The molecule has 7 heteroatoms. The van der Waals surface area contributed by atoms with Crippen LogP contribution in [-0.2, 0) is 5.41 Å². The summed E-state index contributed by atoms with van der Waals surface area (Å²) in [5, 5.41) is 8.13. The minimum atomic E-state index is -0.524. The van der Waals surface area contributed by atoms with Crippen molar-refractivity contribution in [3.8, 4) is 0 Å². The van der Waals surface area contributed by atoms with Gasteiger partial charge in [-0.25, -0.2) is 0 Å². The predicted octanol–water partition coefficient (Wildman–Crippen LogP) is 0.590. The van der Waals surface area contributed by atoms with Crippen LogP contribution >= 0.6 is 23.4 Å². The third kappa shape index (κ3) is 2.26. The van der Waals surface area contributed by atoms with Gasteiger partial charge in [0.2, 0.25) is 5.16 Å². The molecule has 0 aliphatic carbocycles. The number of aromatic nitrogens is 3. The van der Waals surface area contributed by atoms with E-state index in [4.69, 9.17) is 17.4 Å². The van der Waals surface area contributed by atoms with Crippen molar-refractivity contribution in [2.24, 2.45) is 0 Å². The summed E-state index contributed by atoms with van der Waals surface area (Å²) in [5.74, 6) is 5.87. The fraction of sp³-hybridized carbons (Fsp3) is 0.625. The van der Waals surface area contributed by atoms with Crippen LogP contribution in [0, 0.1) is 0 Å². The third-order valence-electron chi connectivity index (χ3n) is 2.02. The number of hydrogen-bond acceptors (Lipinski definition) is 5. The Morgan fingerprint density at radius 3 is 2.60 bits per heavy atom. The van der Waals surface area contributed by atoms with E-state index >= 15 is 0 Å². The van der Waals surface area contributed by atoms with Crippen molar-refractivity contribution >= 4 is 23.4 Å². The molecule has 2 N–H and O–H groups in total. The van der Waals surface area contributed by atoms with E-state index in [1.807, 2.05) is 13.8 Å². The molecule has 84 valence electrons. The monoisotopic (exact) mass is 248 g/mol. The Hall–Kier alpha value is -0.750. The lowest BCUT2D eigenvalue weighted by molar-refractivity contribution is 0.525. The SMILES string of the molecule is CSc1nnc(C(C)(C)CCl)c(=O)n1N. The molecule has 0 atom stereocenters. The summed E-state index contributed by atoms with van der Waals surface area (Å²) >= 11 is 7.03. The first-order valence-electron chi connectivity index (χ1n) is 4.29. The number of nitrogens with two attached hydrogens (primary N) is 1. The number of rotatable bonds is 3. The third-order valence-corrected chi connectivity index (χ3v) is 3.33. The number of nitrogens with zero attached hydrogens (tertiary/aromatic N) is 3. The predicted molar refractivity (Wildman–Crippen MR) is 62.0 cm³/mol. The molecule has 0 radical (unpaired) electrons. The van der Waals surface area contributed by atoms with Crippen molar-refractivity contribution in [1.82, 2.24) is 14.9 Å². The highest BCUT2D eigenvalue weighted by atomic mass is 35.5. The standard InChI is InChI=1S/C8H13ClN4OS/c1-8(2,4-9)5-6(14)13(10)7(15-3)12-11-5/h4,10H2,1-3H3. The highest BCUT2D eigenvalue weighted by Crippen LogP contribution is 2.19. The summed E-state index contributed by atoms with van der Waals surface area (Å²) in [6.07, 6.45) is 1.78. The number of halogens is 1. The maximum absolute atomic E-state index is 11.8. The summed E-state index contributed by atoms with van der Waals surface area (Å²) in [7, 11) is 0. The molecule has 0 aliphatic heterocycles. The van der Waals surface area contributed by atoms with Gasteiger partial charge >= 0.3 is 0 Å². The van der Waals surface area contributed by atoms with Crippen LogP contribution in [0.3, 0.4) is 0 Å². The highest BCUT2D eigenvalue weighted by molar-refractivity contribution is 7.98. The van der Waals surface area contributed by atoms with Crippen molar-refractivity contribution in [2.75, 3.05) is 18.0 Å². The van der Waals surface area contributed by atoms with Crippen LogP contribution < -0.4 is 11.4 Å². The van der Waals surface area contributed by atoms with Gasteiger partial charge in [0.1, 0.15) is 5.69 Å². The van der Waals surface area contributed by atoms with E-state index in [0.29, 0.717) is 5.16 Å². The van der Waals surface area contributed by atoms with Gasteiger partial charge in [0.25, 0.3) is 5.56 Å². The summed E-state index contributed by atoms with van der Waals surface area (Å²) < 4.78 is 1.00. The van der Waals surface area contributed by atoms with Crippen LogP contribution in [-0.4, -0.2) is 27.0 Å². The van der Waals surface area contributed by atoms with Crippen molar-refractivity contribution in [2.45, 2.75) is 24.4 Å². The molecule has 1 rings (SSSR count). The van der Waals surface area contributed by atoms with Gasteiger partial charge in [0.15, 0.2) is 0 Å². The zero-order chi connectivity index (χ0) is 11.6. The number of hydrogen-bond donors (Lipinski definition) is 1. The molecule has 0 spiro atoms. The normalized spacial score (nSPS) is 11.7. The molecular weight excluding hydrogens is 236 g/mol. The Bertz CT molecular complexity index is 418. The molecular formula is C8H13ClN4OS. The van der Waals surface area contributed by atoms with Gasteiger partial charge in [0, 0.05) is 11.3 Å². The second kappa shape index (κ2) is 4.40. The van der Waals surface area contributed by atoms with Gasteiger partial charge in [-0.2, -0.15) is 4.68 Å². The first-order chi connectivity index (χ1) is 6.94. The van der Waals surface area contributed by atoms with Crippen LogP contribution in [0.5, 0.6) is 0 Å². The minimum Gasteiger partial charge on any atom is -0.334 e. The maximum Gasteiger partial charge on any atom is 0.295 e. The van der Waals surface area contributed by atoms with Gasteiger partial charge < -0.3 is 5.84 Å². The Kier molecular flexibility index (Phi) is 3.62. The smallest absolute Gasteiger partial charge is 0.295 e. The lowest BCUT2D eigenvalue weighted by Crippen LogP contribution is -2.39. The van der Waals surface area contributed by atoms with Crippen LogP contribution in [0.25, 0.3) is 0 Å². The molecule has 0 aromatic carbocycles. The van der Waals surface area contributed by atoms with Crippen molar-refractivity contribution in [3.05, 3.63) is 16.0 Å². The van der Waals surface area contributed by atoms with Crippen LogP contribution in [0.15, 0.2) is 9.95 Å². The Balaban J connectivity index is 3.37. The number of alkyl halides is 1. The average Bonchev–Trinajstić information content (AvgIpc) is 2.21. The topological polar surface area (TPSA) is 73.8 Å². The van der Waals surface area contributed by atoms with E-state index in [1.165, 1.54) is 11.8 Å². The van der Waals surface area contributed by atoms with E-state index in [2.05, 4.69) is 10.2 Å².